The molecule has 2 saturated heterocycles. The maximum Gasteiger partial charge on any atom is 0.225 e. The molecule has 1 aromatic heterocycles. The third-order valence-electron chi connectivity index (χ3n) is 4.54. The van der Waals surface area contributed by atoms with E-state index in [1.807, 2.05) is 6.07 Å². The van der Waals surface area contributed by atoms with E-state index in [4.69, 9.17) is 4.74 Å². The fraction of sp³-hybridized carbons (Fsp3) is 0.625. The predicted octanol–water partition coefficient (Wildman–Crippen LogP) is 0.716. The normalized spacial score (nSPS) is 24.0. The monoisotopic (exact) mass is 337 g/mol. The first kappa shape index (κ1) is 16.4. The Bertz CT molecular complexity index is 543. The highest BCUT2D eigenvalue weighted by molar-refractivity contribution is 7.10. The SMILES string of the molecule is CN1CC(C(=O)NCC(c2cccs2)N2CCOCC2)CC1=O. The van der Waals surface area contributed by atoms with Crippen molar-refractivity contribution in [1.29, 1.82) is 0 Å². The summed E-state index contributed by atoms with van der Waals surface area (Å²) in [4.78, 5) is 29.2. The number of hydrogen-bond acceptors (Lipinski definition) is 5. The van der Waals surface area contributed by atoms with Crippen LogP contribution in [-0.4, -0.2) is 68.1 Å². The molecule has 7 heteroatoms. The van der Waals surface area contributed by atoms with Gasteiger partial charge in [0.2, 0.25) is 11.8 Å². The topological polar surface area (TPSA) is 61.9 Å². The molecule has 0 bridgehead atoms. The van der Waals surface area contributed by atoms with Gasteiger partial charge in [0.05, 0.1) is 25.2 Å². The highest BCUT2D eigenvalue weighted by Crippen LogP contribution is 2.25. The number of nitrogens with one attached hydrogen (secondary N) is 1. The number of amides is 2. The number of morpholine rings is 1. The Morgan fingerprint density at radius 3 is 2.87 bits per heavy atom. The molecule has 23 heavy (non-hydrogen) atoms. The molecule has 126 valence electrons. The van der Waals surface area contributed by atoms with Gasteiger partial charge in [0.25, 0.3) is 0 Å². The van der Waals surface area contributed by atoms with E-state index < -0.39 is 0 Å². The molecule has 0 aliphatic carbocycles. The summed E-state index contributed by atoms with van der Waals surface area (Å²) >= 11 is 1.71. The lowest BCUT2D eigenvalue weighted by Crippen LogP contribution is -2.44. The Kier molecular flexibility index (Phi) is 5.30. The lowest BCUT2D eigenvalue weighted by Gasteiger charge is -2.34. The van der Waals surface area contributed by atoms with Crippen molar-refractivity contribution in [2.45, 2.75) is 12.5 Å². The Hall–Kier alpha value is -1.44. The van der Waals surface area contributed by atoms with Crippen LogP contribution in [0.3, 0.4) is 0 Å². The Morgan fingerprint density at radius 2 is 2.26 bits per heavy atom. The van der Waals surface area contributed by atoms with E-state index >= 15 is 0 Å². The predicted molar refractivity (Wildman–Crippen MR) is 88.2 cm³/mol. The van der Waals surface area contributed by atoms with Crippen molar-refractivity contribution < 1.29 is 14.3 Å². The Labute approximate surface area is 140 Å². The molecule has 0 spiro atoms. The number of carbonyl (C=O) groups excluding carboxylic acids is 2. The Balaban J connectivity index is 1.60. The summed E-state index contributed by atoms with van der Waals surface area (Å²) in [6.45, 7) is 4.32. The van der Waals surface area contributed by atoms with Crippen molar-refractivity contribution in [2.75, 3.05) is 46.4 Å². The van der Waals surface area contributed by atoms with Crippen molar-refractivity contribution in [3.63, 3.8) is 0 Å². The fourth-order valence-corrected chi connectivity index (χ4v) is 4.02. The minimum absolute atomic E-state index is 0.0162. The van der Waals surface area contributed by atoms with Gasteiger partial charge in [-0.05, 0) is 11.4 Å². The van der Waals surface area contributed by atoms with E-state index in [1.54, 1.807) is 23.3 Å². The summed E-state index contributed by atoms with van der Waals surface area (Å²) in [5, 5.41) is 5.12. The van der Waals surface area contributed by atoms with Gasteiger partial charge in [-0.2, -0.15) is 0 Å². The second-order valence-corrected chi connectivity index (χ2v) is 7.08. The molecule has 0 saturated carbocycles. The lowest BCUT2D eigenvalue weighted by atomic mass is 10.1. The van der Waals surface area contributed by atoms with Crippen LogP contribution in [0.5, 0.6) is 0 Å². The van der Waals surface area contributed by atoms with E-state index in [0.29, 0.717) is 19.5 Å². The van der Waals surface area contributed by atoms with Gasteiger partial charge in [0.15, 0.2) is 0 Å². The molecule has 1 aromatic rings. The minimum atomic E-state index is -0.221. The van der Waals surface area contributed by atoms with Gasteiger partial charge < -0.3 is 15.0 Å². The van der Waals surface area contributed by atoms with Gasteiger partial charge in [-0.15, -0.1) is 11.3 Å². The summed E-state index contributed by atoms with van der Waals surface area (Å²) in [6, 6.07) is 4.33. The van der Waals surface area contributed by atoms with Crippen molar-refractivity contribution in [3.05, 3.63) is 22.4 Å². The van der Waals surface area contributed by atoms with Crippen molar-refractivity contribution in [3.8, 4) is 0 Å². The molecule has 2 unspecified atom stereocenters. The molecular formula is C16H23N3O3S. The van der Waals surface area contributed by atoms with Crippen LogP contribution in [0.15, 0.2) is 17.5 Å². The average molecular weight is 337 g/mol. The summed E-state index contributed by atoms with van der Waals surface area (Å²) in [5.41, 5.74) is 0. The molecule has 0 radical (unpaired) electrons. The van der Waals surface area contributed by atoms with E-state index in [9.17, 15) is 9.59 Å². The lowest BCUT2D eigenvalue weighted by molar-refractivity contribution is -0.128. The van der Waals surface area contributed by atoms with E-state index in [1.165, 1.54) is 4.88 Å². The zero-order valence-electron chi connectivity index (χ0n) is 13.4. The van der Waals surface area contributed by atoms with Crippen LogP contribution >= 0.6 is 11.3 Å². The molecular weight excluding hydrogens is 314 g/mol. The van der Waals surface area contributed by atoms with Crippen molar-refractivity contribution >= 4 is 23.2 Å². The van der Waals surface area contributed by atoms with Gasteiger partial charge in [-0.3, -0.25) is 14.5 Å². The van der Waals surface area contributed by atoms with Crippen LogP contribution < -0.4 is 5.32 Å². The molecule has 2 aliphatic rings. The zero-order valence-corrected chi connectivity index (χ0v) is 14.2. The smallest absolute Gasteiger partial charge is 0.225 e. The summed E-state index contributed by atoms with van der Waals surface area (Å²) in [7, 11) is 1.75. The third kappa shape index (κ3) is 3.91. The number of likely N-dealkylation sites (tertiary alicyclic amines) is 1. The van der Waals surface area contributed by atoms with Crippen LogP contribution in [0.25, 0.3) is 0 Å². The average Bonchev–Trinajstić information content (AvgIpc) is 3.19. The standard InChI is InChI=1S/C16H23N3O3S/c1-18-11-12(9-15(18)20)16(21)17-10-13(14-3-2-8-23-14)19-4-6-22-7-5-19/h2-3,8,12-13H,4-7,9-11H2,1H3,(H,17,21). The first-order chi connectivity index (χ1) is 11.1. The number of nitrogens with zero attached hydrogens (tertiary/aromatic N) is 2. The van der Waals surface area contributed by atoms with E-state index in [2.05, 4.69) is 21.7 Å². The van der Waals surface area contributed by atoms with Gasteiger partial charge in [-0.25, -0.2) is 0 Å². The van der Waals surface area contributed by atoms with Gasteiger partial charge in [0, 0.05) is 44.5 Å². The first-order valence-corrected chi connectivity index (χ1v) is 8.90. The highest BCUT2D eigenvalue weighted by atomic mass is 32.1. The fourth-order valence-electron chi connectivity index (χ4n) is 3.16. The van der Waals surface area contributed by atoms with Gasteiger partial charge >= 0.3 is 0 Å². The van der Waals surface area contributed by atoms with Crippen LogP contribution in [-0.2, 0) is 14.3 Å². The van der Waals surface area contributed by atoms with Crippen LogP contribution in [0.4, 0.5) is 0 Å². The summed E-state index contributed by atoms with van der Waals surface area (Å²) in [6.07, 6.45) is 0.323. The molecule has 6 nitrogen and oxygen atoms in total. The van der Waals surface area contributed by atoms with E-state index in [-0.39, 0.29) is 23.8 Å². The van der Waals surface area contributed by atoms with Crippen LogP contribution in [0.1, 0.15) is 17.3 Å². The minimum Gasteiger partial charge on any atom is -0.379 e. The van der Waals surface area contributed by atoms with Crippen LogP contribution in [0.2, 0.25) is 0 Å². The number of carbonyl (C=O) groups is 2. The second kappa shape index (κ2) is 7.42. The maximum atomic E-state index is 12.4. The number of hydrogen-bond donors (Lipinski definition) is 1. The second-order valence-electron chi connectivity index (χ2n) is 6.10. The zero-order chi connectivity index (χ0) is 16.2. The molecule has 3 heterocycles. The molecule has 1 N–H and O–H groups in total. The Morgan fingerprint density at radius 1 is 1.48 bits per heavy atom. The molecule has 0 aromatic carbocycles. The largest absolute Gasteiger partial charge is 0.379 e. The van der Waals surface area contributed by atoms with Gasteiger partial charge in [0.1, 0.15) is 0 Å². The summed E-state index contributed by atoms with van der Waals surface area (Å²) in [5.74, 6) is -0.188. The van der Waals surface area contributed by atoms with E-state index in [0.717, 1.165) is 26.3 Å². The number of ether oxygens (including phenoxy) is 1. The number of rotatable bonds is 5. The molecule has 2 aliphatic heterocycles. The molecule has 2 atom stereocenters. The van der Waals surface area contributed by atoms with Gasteiger partial charge in [-0.1, -0.05) is 6.07 Å². The van der Waals surface area contributed by atoms with Crippen molar-refractivity contribution in [1.82, 2.24) is 15.1 Å². The maximum absolute atomic E-state index is 12.4. The first-order valence-electron chi connectivity index (χ1n) is 8.02. The van der Waals surface area contributed by atoms with Crippen molar-refractivity contribution in [2.24, 2.45) is 5.92 Å². The quantitative estimate of drug-likeness (QED) is 0.860. The van der Waals surface area contributed by atoms with Crippen LogP contribution in [0, 0.1) is 5.92 Å². The molecule has 3 rings (SSSR count). The molecule has 2 amide bonds. The highest BCUT2D eigenvalue weighted by Gasteiger charge is 2.33. The third-order valence-corrected chi connectivity index (χ3v) is 5.51. The molecule has 2 fully saturated rings. The number of thiophene rings is 1. The summed E-state index contributed by atoms with van der Waals surface area (Å²) < 4.78 is 5.43.